The van der Waals surface area contributed by atoms with E-state index in [9.17, 15) is 19.1 Å². The van der Waals surface area contributed by atoms with E-state index in [1.54, 1.807) is 30.4 Å². The second-order valence-corrected chi connectivity index (χ2v) is 6.03. The monoisotopic (exact) mass is 327 g/mol. The average molecular weight is 327 g/mol. The molecule has 0 aromatic heterocycles. The molecule has 1 saturated heterocycles. The first-order chi connectivity index (χ1) is 11.5. The zero-order valence-electron chi connectivity index (χ0n) is 13.1. The number of allylic oxidation sites excluding steroid dienone is 4. The van der Waals surface area contributed by atoms with Gasteiger partial charge in [-0.1, -0.05) is 18.2 Å². The number of halogens is 1. The number of Topliss-reactive ketones (excluding diaryl/α,β-unsaturated/α-hetero) is 1. The number of ketones is 1. The van der Waals surface area contributed by atoms with Crippen molar-refractivity contribution in [2.24, 2.45) is 5.92 Å². The molecular weight excluding hydrogens is 309 g/mol. The quantitative estimate of drug-likeness (QED) is 0.817. The average Bonchev–Trinajstić information content (AvgIpc) is 2.56. The maximum atomic E-state index is 12.9. The number of carbonyl (C=O) groups is 2. The van der Waals surface area contributed by atoms with Crippen molar-refractivity contribution in [2.45, 2.75) is 25.7 Å². The molecule has 1 aromatic carbocycles. The summed E-state index contributed by atoms with van der Waals surface area (Å²) in [5.41, 5.74) is 2.58. The number of hydrogen-bond acceptors (Lipinski definition) is 3. The van der Waals surface area contributed by atoms with Crippen LogP contribution < -0.4 is 5.32 Å². The zero-order chi connectivity index (χ0) is 17.1. The Kier molecular flexibility index (Phi) is 4.60. The van der Waals surface area contributed by atoms with E-state index < -0.39 is 0 Å². The van der Waals surface area contributed by atoms with Gasteiger partial charge in [0.2, 0.25) is 5.91 Å². The number of carbonyl (C=O) groups excluding carboxylic acids is 2. The lowest BCUT2D eigenvalue weighted by atomic mass is 9.85. The molecule has 1 heterocycles. The van der Waals surface area contributed by atoms with Crippen LogP contribution in [0, 0.1) is 11.7 Å². The van der Waals surface area contributed by atoms with Crippen LogP contribution in [0.15, 0.2) is 59.5 Å². The summed E-state index contributed by atoms with van der Waals surface area (Å²) in [5.74, 6) is -0.428. The van der Waals surface area contributed by atoms with Gasteiger partial charge in [-0.25, -0.2) is 4.39 Å². The highest BCUT2D eigenvalue weighted by atomic mass is 19.1. The summed E-state index contributed by atoms with van der Waals surface area (Å²) in [7, 11) is 0. The van der Waals surface area contributed by atoms with E-state index in [1.807, 2.05) is 0 Å². The minimum atomic E-state index is -0.325. The summed E-state index contributed by atoms with van der Waals surface area (Å²) < 4.78 is 12.9. The summed E-state index contributed by atoms with van der Waals surface area (Å²) in [6.45, 7) is 0. The van der Waals surface area contributed by atoms with Crippen molar-refractivity contribution in [3.05, 3.63) is 70.9 Å². The maximum Gasteiger partial charge on any atom is 0.233 e. The molecule has 0 bridgehead atoms. The van der Waals surface area contributed by atoms with Crippen molar-refractivity contribution in [2.75, 3.05) is 0 Å². The van der Waals surface area contributed by atoms with E-state index >= 15 is 0 Å². The largest absolute Gasteiger partial charge is 0.508 e. The number of amides is 1. The zero-order valence-corrected chi connectivity index (χ0v) is 13.1. The van der Waals surface area contributed by atoms with E-state index in [0.29, 0.717) is 19.3 Å². The van der Waals surface area contributed by atoms with Gasteiger partial charge in [0.05, 0.1) is 5.92 Å². The minimum Gasteiger partial charge on any atom is -0.508 e. The maximum absolute atomic E-state index is 12.9. The Morgan fingerprint density at radius 1 is 1.25 bits per heavy atom. The fourth-order valence-electron chi connectivity index (χ4n) is 2.90. The molecular formula is C19H18FNO3. The van der Waals surface area contributed by atoms with Crippen molar-refractivity contribution in [1.29, 1.82) is 0 Å². The van der Waals surface area contributed by atoms with E-state index in [-0.39, 0.29) is 35.6 Å². The summed E-state index contributed by atoms with van der Waals surface area (Å²) in [6, 6.07) is 5.87. The highest BCUT2D eigenvalue weighted by molar-refractivity contribution is 5.92. The topological polar surface area (TPSA) is 66.4 Å². The fourth-order valence-corrected chi connectivity index (χ4v) is 2.90. The van der Waals surface area contributed by atoms with Gasteiger partial charge in [0.1, 0.15) is 17.4 Å². The molecule has 2 aliphatic rings. The number of β-lactam (4-membered cyclic amide) rings is 1. The smallest absolute Gasteiger partial charge is 0.233 e. The second-order valence-electron chi connectivity index (χ2n) is 6.03. The van der Waals surface area contributed by atoms with Crippen molar-refractivity contribution in [3.8, 4) is 0 Å². The van der Waals surface area contributed by atoms with Crippen molar-refractivity contribution in [3.63, 3.8) is 0 Å². The van der Waals surface area contributed by atoms with Gasteiger partial charge >= 0.3 is 0 Å². The normalized spacial score (nSPS) is 22.6. The van der Waals surface area contributed by atoms with Crippen LogP contribution in [-0.4, -0.2) is 16.8 Å². The van der Waals surface area contributed by atoms with Gasteiger partial charge in [0.15, 0.2) is 0 Å². The first-order valence-corrected chi connectivity index (χ1v) is 7.90. The second kappa shape index (κ2) is 6.83. The molecule has 4 nitrogen and oxygen atoms in total. The molecule has 0 saturated carbocycles. The van der Waals surface area contributed by atoms with Crippen LogP contribution in [0.3, 0.4) is 0 Å². The lowest BCUT2D eigenvalue weighted by Gasteiger charge is -2.32. The highest BCUT2D eigenvalue weighted by Crippen LogP contribution is 2.31. The summed E-state index contributed by atoms with van der Waals surface area (Å²) >= 11 is 0. The van der Waals surface area contributed by atoms with Crippen molar-refractivity contribution in [1.82, 2.24) is 5.32 Å². The molecule has 1 aliphatic carbocycles. The van der Waals surface area contributed by atoms with Gasteiger partial charge in [-0.15, -0.1) is 0 Å². The van der Waals surface area contributed by atoms with Crippen molar-refractivity contribution < 1.29 is 19.1 Å². The number of aliphatic hydroxyl groups excluding tert-OH is 1. The Morgan fingerprint density at radius 3 is 2.62 bits per heavy atom. The molecule has 1 fully saturated rings. The summed E-state index contributed by atoms with van der Waals surface area (Å²) in [6.07, 6.45) is 6.65. The predicted octanol–water partition coefficient (Wildman–Crippen LogP) is 3.12. The van der Waals surface area contributed by atoms with E-state index in [1.165, 1.54) is 12.1 Å². The van der Waals surface area contributed by atoms with E-state index in [2.05, 4.69) is 5.32 Å². The number of hydrogen-bond donors (Lipinski definition) is 2. The molecule has 0 radical (unpaired) electrons. The molecule has 1 amide bonds. The Bertz CT molecular complexity index is 759. The Morgan fingerprint density at radius 2 is 2.00 bits per heavy atom. The van der Waals surface area contributed by atoms with Gasteiger partial charge in [-0.3, -0.25) is 9.59 Å². The van der Waals surface area contributed by atoms with Crippen LogP contribution >= 0.6 is 0 Å². The van der Waals surface area contributed by atoms with E-state index in [0.717, 1.165) is 16.8 Å². The summed E-state index contributed by atoms with van der Waals surface area (Å²) in [4.78, 5) is 23.8. The molecule has 1 aromatic rings. The number of benzene rings is 1. The summed E-state index contributed by atoms with van der Waals surface area (Å²) in [5, 5.41) is 12.1. The number of rotatable bonds is 5. The molecule has 5 heteroatoms. The van der Waals surface area contributed by atoms with Gasteiger partial charge in [-0.05, 0) is 48.3 Å². The first kappa shape index (κ1) is 16.2. The minimum absolute atomic E-state index is 0.0300. The lowest BCUT2D eigenvalue weighted by molar-refractivity contribution is -0.128. The third kappa shape index (κ3) is 3.62. The van der Waals surface area contributed by atoms with Crippen LogP contribution in [0.1, 0.15) is 24.8 Å². The van der Waals surface area contributed by atoms with Crippen molar-refractivity contribution >= 4 is 11.7 Å². The van der Waals surface area contributed by atoms with Gasteiger partial charge in [-0.2, -0.15) is 0 Å². The van der Waals surface area contributed by atoms with Crippen LogP contribution in [0.5, 0.6) is 0 Å². The number of aliphatic hydroxyl groups is 1. The molecule has 24 heavy (non-hydrogen) atoms. The Balaban J connectivity index is 1.56. The molecule has 0 unspecified atom stereocenters. The van der Waals surface area contributed by atoms with Crippen LogP contribution in [0.4, 0.5) is 4.39 Å². The van der Waals surface area contributed by atoms with Crippen LogP contribution in [0.25, 0.3) is 0 Å². The molecule has 124 valence electrons. The Labute approximate surface area is 139 Å². The number of nitrogens with one attached hydrogen (secondary N) is 1. The van der Waals surface area contributed by atoms with Crippen LogP contribution in [-0.2, 0) is 16.0 Å². The SMILES string of the molecule is O=C(CC[C@H]1C(=O)N/C1=C1\C=CC(O)=CC1)Cc1ccc(F)cc1. The Hall–Kier alpha value is -2.69. The predicted molar refractivity (Wildman–Crippen MR) is 87.5 cm³/mol. The van der Waals surface area contributed by atoms with E-state index in [4.69, 9.17) is 0 Å². The first-order valence-electron chi connectivity index (χ1n) is 7.90. The highest BCUT2D eigenvalue weighted by Gasteiger charge is 2.35. The van der Waals surface area contributed by atoms with Gasteiger partial charge < -0.3 is 10.4 Å². The lowest BCUT2D eigenvalue weighted by Crippen LogP contribution is -2.47. The van der Waals surface area contributed by atoms with Gasteiger partial charge in [0.25, 0.3) is 0 Å². The third-order valence-corrected chi connectivity index (χ3v) is 4.28. The molecule has 1 atom stereocenters. The van der Waals surface area contributed by atoms with Gasteiger partial charge in [0, 0.05) is 18.5 Å². The molecule has 3 rings (SSSR count). The fraction of sp³-hybridized carbons (Fsp3) is 0.263. The molecule has 0 spiro atoms. The molecule has 2 N–H and O–H groups in total. The van der Waals surface area contributed by atoms with Crippen LogP contribution in [0.2, 0.25) is 0 Å². The standard InChI is InChI=1S/C19H18FNO3/c20-14-5-1-12(2-6-14)11-16(23)9-10-17-18(21-19(17)24)13-3-7-15(22)8-4-13/h1-3,5-8,17,22H,4,9-11H2,(H,21,24)/b18-13+/t17-/m1/s1. The molecule has 1 aliphatic heterocycles. The third-order valence-electron chi connectivity index (χ3n) is 4.28.